The van der Waals surface area contributed by atoms with Crippen LogP contribution in [-0.2, 0) is 6.61 Å². The maximum Gasteiger partial charge on any atom is 0.140 e. The topological polar surface area (TPSA) is 64.3 Å². The number of pyridine rings is 2. The molecule has 0 saturated carbocycles. The minimum atomic E-state index is 0.247. The highest BCUT2D eigenvalue weighted by Crippen LogP contribution is 2.23. The van der Waals surface area contributed by atoms with Crippen molar-refractivity contribution in [1.82, 2.24) is 9.97 Å². The first-order chi connectivity index (χ1) is 10.3. The van der Waals surface area contributed by atoms with Gasteiger partial charge in [-0.25, -0.2) is 0 Å². The Bertz CT molecular complexity index is 575. The lowest BCUT2D eigenvalue weighted by molar-refractivity contribution is 0.300. The number of hydrogen-bond acceptors (Lipinski definition) is 5. The largest absolute Gasteiger partial charge is 0.486 e. The molecule has 0 bridgehead atoms. The summed E-state index contributed by atoms with van der Waals surface area (Å²) in [6.07, 6.45) is 7.59. The van der Waals surface area contributed by atoms with Gasteiger partial charge < -0.3 is 15.4 Å². The van der Waals surface area contributed by atoms with Crippen LogP contribution >= 0.6 is 0 Å². The first kappa shape index (κ1) is 13.8. The number of rotatable bonds is 4. The van der Waals surface area contributed by atoms with Gasteiger partial charge in [0.15, 0.2) is 0 Å². The van der Waals surface area contributed by atoms with Crippen LogP contribution in [0.1, 0.15) is 18.5 Å². The summed E-state index contributed by atoms with van der Waals surface area (Å²) < 4.78 is 5.77. The van der Waals surface area contributed by atoms with Gasteiger partial charge in [0.25, 0.3) is 0 Å². The maximum absolute atomic E-state index is 6.03. The van der Waals surface area contributed by atoms with Crippen molar-refractivity contribution < 1.29 is 4.74 Å². The number of nitrogens with two attached hydrogens (primary N) is 1. The fourth-order valence-corrected chi connectivity index (χ4v) is 2.54. The molecule has 0 aromatic carbocycles. The Morgan fingerprint density at radius 2 is 2.29 bits per heavy atom. The smallest absolute Gasteiger partial charge is 0.140 e. The summed E-state index contributed by atoms with van der Waals surface area (Å²) >= 11 is 0. The third kappa shape index (κ3) is 3.70. The molecule has 1 saturated heterocycles. The Morgan fingerprint density at radius 1 is 1.33 bits per heavy atom. The van der Waals surface area contributed by atoms with Crippen molar-refractivity contribution in [3.63, 3.8) is 0 Å². The molecule has 0 aliphatic carbocycles. The molecule has 3 rings (SSSR count). The van der Waals surface area contributed by atoms with Gasteiger partial charge in [-0.05, 0) is 25.0 Å². The van der Waals surface area contributed by atoms with Crippen molar-refractivity contribution in [3.8, 4) is 5.75 Å². The number of hydrogen-bond donors (Lipinski definition) is 1. The van der Waals surface area contributed by atoms with E-state index in [4.69, 9.17) is 10.5 Å². The molecule has 1 aliphatic rings. The maximum atomic E-state index is 6.03. The van der Waals surface area contributed by atoms with Crippen molar-refractivity contribution in [2.24, 2.45) is 5.73 Å². The normalized spacial score (nSPS) is 18.5. The van der Waals surface area contributed by atoms with Crippen molar-refractivity contribution in [1.29, 1.82) is 0 Å². The number of anilines is 1. The first-order valence-corrected chi connectivity index (χ1v) is 7.29. The van der Waals surface area contributed by atoms with Crippen molar-refractivity contribution >= 4 is 5.69 Å². The second-order valence-electron chi connectivity index (χ2n) is 5.34. The SMILES string of the molecule is NC1CCCN(c2cncc(OCc3ccccn3)c2)C1. The van der Waals surface area contributed by atoms with Crippen LogP contribution in [0.25, 0.3) is 0 Å². The third-order valence-corrected chi connectivity index (χ3v) is 3.63. The van der Waals surface area contributed by atoms with E-state index in [1.165, 1.54) is 0 Å². The molecule has 110 valence electrons. The van der Waals surface area contributed by atoms with Crippen LogP contribution in [0.15, 0.2) is 42.9 Å². The fourth-order valence-electron chi connectivity index (χ4n) is 2.54. The highest BCUT2D eigenvalue weighted by molar-refractivity contribution is 5.48. The lowest BCUT2D eigenvalue weighted by Crippen LogP contribution is -2.42. The Morgan fingerprint density at radius 3 is 3.10 bits per heavy atom. The van der Waals surface area contributed by atoms with Crippen molar-refractivity contribution in [2.45, 2.75) is 25.5 Å². The predicted octanol–water partition coefficient (Wildman–Crippen LogP) is 1.98. The standard InChI is InChI=1S/C16H20N4O/c17-13-4-3-7-20(11-13)15-8-16(10-18-9-15)21-12-14-5-1-2-6-19-14/h1-2,5-6,8-10,13H,3-4,7,11-12,17H2. The van der Waals surface area contributed by atoms with Gasteiger partial charge in [-0.1, -0.05) is 6.07 Å². The van der Waals surface area contributed by atoms with E-state index in [0.717, 1.165) is 43.1 Å². The quantitative estimate of drug-likeness (QED) is 0.930. The number of ether oxygens (including phenoxy) is 1. The molecule has 1 unspecified atom stereocenters. The Kier molecular flexibility index (Phi) is 4.31. The summed E-state index contributed by atoms with van der Waals surface area (Å²) in [5.74, 6) is 0.761. The number of nitrogens with zero attached hydrogens (tertiary/aromatic N) is 3. The third-order valence-electron chi connectivity index (χ3n) is 3.63. The molecule has 3 heterocycles. The summed E-state index contributed by atoms with van der Waals surface area (Å²) in [6.45, 7) is 2.36. The number of piperidine rings is 1. The minimum absolute atomic E-state index is 0.247. The molecule has 1 atom stereocenters. The van der Waals surface area contributed by atoms with E-state index in [2.05, 4.69) is 14.9 Å². The van der Waals surface area contributed by atoms with Crippen LogP contribution in [0.4, 0.5) is 5.69 Å². The van der Waals surface area contributed by atoms with E-state index >= 15 is 0 Å². The second kappa shape index (κ2) is 6.54. The fraction of sp³-hybridized carbons (Fsp3) is 0.375. The average molecular weight is 284 g/mol. The van der Waals surface area contributed by atoms with Crippen LogP contribution in [-0.4, -0.2) is 29.1 Å². The summed E-state index contributed by atoms with van der Waals surface area (Å²) in [5, 5.41) is 0. The van der Waals surface area contributed by atoms with Gasteiger partial charge in [-0.3, -0.25) is 9.97 Å². The van der Waals surface area contributed by atoms with Crippen molar-refractivity contribution in [2.75, 3.05) is 18.0 Å². The van der Waals surface area contributed by atoms with Crippen LogP contribution in [0.3, 0.4) is 0 Å². The van der Waals surface area contributed by atoms with E-state index in [1.807, 2.05) is 30.5 Å². The van der Waals surface area contributed by atoms with Gasteiger partial charge in [0.05, 0.1) is 23.8 Å². The van der Waals surface area contributed by atoms with Gasteiger partial charge in [-0.15, -0.1) is 0 Å². The number of aromatic nitrogens is 2. The molecule has 2 aromatic rings. The predicted molar refractivity (Wildman–Crippen MR) is 82.2 cm³/mol. The Balaban J connectivity index is 1.65. The Hall–Kier alpha value is -2.14. The van der Waals surface area contributed by atoms with Crippen LogP contribution < -0.4 is 15.4 Å². The molecule has 2 aromatic heterocycles. The zero-order valence-corrected chi connectivity index (χ0v) is 12.0. The molecule has 5 nitrogen and oxygen atoms in total. The highest BCUT2D eigenvalue weighted by atomic mass is 16.5. The lowest BCUT2D eigenvalue weighted by Gasteiger charge is -2.32. The van der Waals surface area contributed by atoms with Gasteiger partial charge in [0.1, 0.15) is 12.4 Å². The minimum Gasteiger partial charge on any atom is -0.486 e. The van der Waals surface area contributed by atoms with Gasteiger partial charge in [0, 0.05) is 31.4 Å². The van der Waals surface area contributed by atoms with Gasteiger partial charge in [0.2, 0.25) is 0 Å². The summed E-state index contributed by atoms with van der Waals surface area (Å²) in [4.78, 5) is 10.8. The van der Waals surface area contributed by atoms with Gasteiger partial charge >= 0.3 is 0 Å². The molecule has 21 heavy (non-hydrogen) atoms. The summed E-state index contributed by atoms with van der Waals surface area (Å²) in [7, 11) is 0. The van der Waals surface area contributed by atoms with E-state index in [1.54, 1.807) is 12.4 Å². The van der Waals surface area contributed by atoms with E-state index in [9.17, 15) is 0 Å². The van der Waals surface area contributed by atoms with Crippen LogP contribution in [0.2, 0.25) is 0 Å². The first-order valence-electron chi connectivity index (χ1n) is 7.29. The van der Waals surface area contributed by atoms with Gasteiger partial charge in [-0.2, -0.15) is 0 Å². The highest BCUT2D eigenvalue weighted by Gasteiger charge is 2.17. The molecule has 2 N–H and O–H groups in total. The Labute approximate surface area is 124 Å². The zero-order chi connectivity index (χ0) is 14.5. The monoisotopic (exact) mass is 284 g/mol. The molecule has 0 amide bonds. The van der Waals surface area contributed by atoms with E-state index in [0.29, 0.717) is 6.61 Å². The van der Waals surface area contributed by atoms with Crippen LogP contribution in [0.5, 0.6) is 5.75 Å². The summed E-state index contributed by atoms with van der Waals surface area (Å²) in [6, 6.07) is 8.06. The molecule has 0 spiro atoms. The molecular weight excluding hydrogens is 264 g/mol. The molecule has 0 radical (unpaired) electrons. The van der Waals surface area contributed by atoms with Crippen LogP contribution in [0, 0.1) is 0 Å². The molecular formula is C16H20N4O. The molecule has 1 aliphatic heterocycles. The van der Waals surface area contributed by atoms with E-state index in [-0.39, 0.29) is 6.04 Å². The van der Waals surface area contributed by atoms with Crippen molar-refractivity contribution in [3.05, 3.63) is 48.5 Å². The molecule has 5 heteroatoms. The lowest BCUT2D eigenvalue weighted by atomic mass is 10.1. The average Bonchev–Trinajstić information content (AvgIpc) is 2.54. The second-order valence-corrected chi connectivity index (χ2v) is 5.34. The molecule has 1 fully saturated rings. The van der Waals surface area contributed by atoms with E-state index < -0.39 is 0 Å². The zero-order valence-electron chi connectivity index (χ0n) is 12.0. The summed E-state index contributed by atoms with van der Waals surface area (Å²) in [5.41, 5.74) is 8.01.